The van der Waals surface area contributed by atoms with Crippen molar-refractivity contribution >= 4 is 52.2 Å². The zero-order valence-corrected chi connectivity index (χ0v) is 20.9. The van der Waals surface area contributed by atoms with E-state index in [1.165, 1.54) is 6.07 Å². The van der Waals surface area contributed by atoms with E-state index in [1.807, 2.05) is 13.0 Å². The number of halogens is 3. The fraction of sp³-hybridized carbons (Fsp3) is 0.154. The van der Waals surface area contributed by atoms with Crippen molar-refractivity contribution in [2.24, 2.45) is 0 Å². The van der Waals surface area contributed by atoms with Crippen molar-refractivity contribution in [3.05, 3.63) is 98.1 Å². The number of carbonyl (C=O) groups excluding carboxylic acids is 2. The number of nitrogens with zero attached hydrogens (tertiary/aromatic N) is 1. The summed E-state index contributed by atoms with van der Waals surface area (Å²) in [6.45, 7) is 2.39. The van der Waals surface area contributed by atoms with E-state index in [0.717, 1.165) is 22.2 Å². The number of benzene rings is 3. The molecule has 1 fully saturated rings. The van der Waals surface area contributed by atoms with Gasteiger partial charge >= 0.3 is 0 Å². The van der Waals surface area contributed by atoms with Crippen LogP contribution in [0.2, 0.25) is 10.0 Å². The Morgan fingerprint density at radius 2 is 1.77 bits per heavy atom. The van der Waals surface area contributed by atoms with Crippen LogP contribution in [0.25, 0.3) is 6.08 Å². The molecule has 0 unspecified atom stereocenters. The molecule has 0 atom stereocenters. The fourth-order valence-electron chi connectivity index (χ4n) is 3.38. The minimum absolute atomic E-state index is 0.125. The number of ether oxygens (including phenoxy) is 2. The van der Waals surface area contributed by atoms with Crippen molar-refractivity contribution in [2.45, 2.75) is 20.1 Å². The van der Waals surface area contributed by atoms with Gasteiger partial charge in [0.05, 0.1) is 28.1 Å². The van der Waals surface area contributed by atoms with E-state index >= 15 is 0 Å². The molecule has 2 amide bonds. The quantitative estimate of drug-likeness (QED) is 0.284. The molecule has 0 aromatic heterocycles. The highest BCUT2D eigenvalue weighted by molar-refractivity contribution is 8.18. The molecule has 180 valence electrons. The highest BCUT2D eigenvalue weighted by Crippen LogP contribution is 2.36. The largest absolute Gasteiger partial charge is 0.490 e. The first-order valence-corrected chi connectivity index (χ1v) is 12.2. The van der Waals surface area contributed by atoms with Gasteiger partial charge in [-0.2, -0.15) is 0 Å². The van der Waals surface area contributed by atoms with E-state index in [9.17, 15) is 14.0 Å². The smallest absolute Gasteiger partial charge is 0.293 e. The maximum absolute atomic E-state index is 14.0. The van der Waals surface area contributed by atoms with Crippen LogP contribution in [0.1, 0.15) is 23.6 Å². The Balaban J connectivity index is 1.51. The molecule has 0 bridgehead atoms. The van der Waals surface area contributed by atoms with Gasteiger partial charge in [-0.05, 0) is 66.2 Å². The van der Waals surface area contributed by atoms with Crippen molar-refractivity contribution in [3.8, 4) is 11.5 Å². The summed E-state index contributed by atoms with van der Waals surface area (Å²) in [7, 11) is 0. The number of hydrogen-bond donors (Lipinski definition) is 0. The van der Waals surface area contributed by atoms with E-state index < -0.39 is 17.0 Å². The van der Waals surface area contributed by atoms with Gasteiger partial charge in [-0.3, -0.25) is 14.5 Å². The van der Waals surface area contributed by atoms with Gasteiger partial charge in [0.25, 0.3) is 11.1 Å². The predicted octanol–water partition coefficient (Wildman–Crippen LogP) is 7.35. The molecule has 5 nitrogen and oxygen atoms in total. The van der Waals surface area contributed by atoms with Gasteiger partial charge < -0.3 is 9.47 Å². The zero-order valence-electron chi connectivity index (χ0n) is 18.6. The Hall–Kier alpha value is -3.00. The minimum Gasteiger partial charge on any atom is -0.490 e. The van der Waals surface area contributed by atoms with E-state index in [0.29, 0.717) is 33.7 Å². The third kappa shape index (κ3) is 5.99. The Kier molecular flexibility index (Phi) is 8.00. The van der Waals surface area contributed by atoms with Crippen molar-refractivity contribution in [1.29, 1.82) is 0 Å². The standard InChI is InChI=1S/C26H20Cl2FNO4S/c1-2-33-23-12-16(8-10-22(23)34-15-17-7-9-19(27)20(28)11-17)13-24-25(31)30(26(32)35-24)14-18-5-3-4-6-21(18)29/h3-13H,2,14-15H2,1H3/b24-13+. The predicted molar refractivity (Wildman–Crippen MR) is 136 cm³/mol. The van der Waals surface area contributed by atoms with Crippen LogP contribution < -0.4 is 9.47 Å². The summed E-state index contributed by atoms with van der Waals surface area (Å²) in [6.07, 6.45) is 1.61. The lowest BCUT2D eigenvalue weighted by molar-refractivity contribution is -0.123. The first kappa shape index (κ1) is 25.1. The summed E-state index contributed by atoms with van der Waals surface area (Å²) in [6, 6.07) is 16.5. The number of imide groups is 1. The van der Waals surface area contributed by atoms with Crippen molar-refractivity contribution < 1.29 is 23.5 Å². The van der Waals surface area contributed by atoms with E-state index in [4.69, 9.17) is 32.7 Å². The Bertz CT molecular complexity index is 1310. The van der Waals surface area contributed by atoms with Crippen LogP contribution in [-0.4, -0.2) is 22.7 Å². The molecular formula is C26H20Cl2FNO4S. The highest BCUT2D eigenvalue weighted by atomic mass is 35.5. The second-order valence-corrected chi connectivity index (χ2v) is 9.34. The lowest BCUT2D eigenvalue weighted by Crippen LogP contribution is -2.27. The topological polar surface area (TPSA) is 55.8 Å². The van der Waals surface area contributed by atoms with E-state index in [2.05, 4.69) is 0 Å². The van der Waals surface area contributed by atoms with Crippen LogP contribution in [0.15, 0.2) is 65.6 Å². The van der Waals surface area contributed by atoms with Crippen molar-refractivity contribution in [1.82, 2.24) is 4.90 Å². The highest BCUT2D eigenvalue weighted by Gasteiger charge is 2.35. The van der Waals surface area contributed by atoms with Gasteiger partial charge in [-0.25, -0.2) is 4.39 Å². The fourth-order valence-corrected chi connectivity index (χ4v) is 4.54. The Labute approximate surface area is 216 Å². The minimum atomic E-state index is -0.471. The molecule has 0 radical (unpaired) electrons. The Morgan fingerprint density at radius 3 is 2.51 bits per heavy atom. The summed E-state index contributed by atoms with van der Waals surface area (Å²) in [5, 5.41) is 0.460. The second kappa shape index (κ2) is 11.2. The van der Waals surface area contributed by atoms with Gasteiger partial charge in [0.1, 0.15) is 12.4 Å². The van der Waals surface area contributed by atoms with Crippen LogP contribution in [0.4, 0.5) is 9.18 Å². The molecule has 9 heteroatoms. The van der Waals surface area contributed by atoms with Gasteiger partial charge in [0, 0.05) is 5.56 Å². The van der Waals surface area contributed by atoms with Crippen molar-refractivity contribution in [3.63, 3.8) is 0 Å². The second-order valence-electron chi connectivity index (χ2n) is 7.54. The van der Waals surface area contributed by atoms with Gasteiger partial charge in [0.2, 0.25) is 0 Å². The molecule has 1 heterocycles. The van der Waals surface area contributed by atoms with Crippen LogP contribution in [0.3, 0.4) is 0 Å². The number of hydrogen-bond acceptors (Lipinski definition) is 5. The summed E-state index contributed by atoms with van der Waals surface area (Å²) in [5.41, 5.74) is 1.78. The molecule has 1 aliphatic rings. The van der Waals surface area contributed by atoms with E-state index in [-0.39, 0.29) is 23.6 Å². The summed E-state index contributed by atoms with van der Waals surface area (Å²) < 4.78 is 25.6. The van der Waals surface area contributed by atoms with Gasteiger partial charge in [-0.1, -0.05) is 53.5 Å². The third-order valence-corrected chi connectivity index (χ3v) is 6.75. The average molecular weight is 532 g/mol. The molecule has 0 N–H and O–H groups in total. The lowest BCUT2D eigenvalue weighted by atomic mass is 10.1. The molecular weight excluding hydrogens is 512 g/mol. The average Bonchev–Trinajstić information content (AvgIpc) is 3.09. The SMILES string of the molecule is CCOc1cc(/C=C2/SC(=O)N(Cc3ccccc3F)C2=O)ccc1OCc1ccc(Cl)c(Cl)c1. The van der Waals surface area contributed by atoms with Crippen LogP contribution in [0.5, 0.6) is 11.5 Å². The van der Waals surface area contributed by atoms with E-state index in [1.54, 1.807) is 54.6 Å². The number of thioether (sulfide) groups is 1. The summed E-state index contributed by atoms with van der Waals surface area (Å²) in [4.78, 5) is 26.6. The molecule has 35 heavy (non-hydrogen) atoms. The molecule has 4 rings (SSSR count). The first-order valence-electron chi connectivity index (χ1n) is 10.7. The summed E-state index contributed by atoms with van der Waals surface area (Å²) >= 11 is 12.8. The van der Waals surface area contributed by atoms with Gasteiger partial charge in [0.15, 0.2) is 11.5 Å². The number of carbonyl (C=O) groups is 2. The zero-order chi connectivity index (χ0) is 24.9. The number of amides is 2. The normalized spacial score (nSPS) is 14.6. The first-order chi connectivity index (χ1) is 16.9. The molecule has 1 aliphatic heterocycles. The molecule has 3 aromatic rings. The maximum atomic E-state index is 14.0. The maximum Gasteiger partial charge on any atom is 0.293 e. The number of rotatable bonds is 8. The molecule has 0 saturated carbocycles. The van der Waals surface area contributed by atoms with Crippen LogP contribution in [-0.2, 0) is 17.9 Å². The third-order valence-electron chi connectivity index (χ3n) is 5.10. The Morgan fingerprint density at radius 1 is 0.971 bits per heavy atom. The summed E-state index contributed by atoms with van der Waals surface area (Å²) in [5.74, 6) is 0.0733. The van der Waals surface area contributed by atoms with Crippen molar-refractivity contribution in [2.75, 3.05) is 6.61 Å². The molecule has 3 aromatic carbocycles. The van der Waals surface area contributed by atoms with Crippen LogP contribution in [0, 0.1) is 5.82 Å². The van der Waals surface area contributed by atoms with Crippen LogP contribution >= 0.6 is 35.0 Å². The van der Waals surface area contributed by atoms with Gasteiger partial charge in [-0.15, -0.1) is 0 Å². The lowest BCUT2D eigenvalue weighted by Gasteiger charge is -2.13. The monoisotopic (exact) mass is 531 g/mol. The molecule has 0 spiro atoms. The molecule has 1 saturated heterocycles. The molecule has 0 aliphatic carbocycles.